The normalized spacial score (nSPS) is 13.1. The number of carbonyl (C=O) groups is 1. The highest BCUT2D eigenvalue weighted by Crippen LogP contribution is 2.53. The lowest BCUT2D eigenvalue weighted by atomic mass is 9.90. The van der Waals surface area contributed by atoms with E-state index in [2.05, 4.69) is 50.8 Å². The lowest BCUT2D eigenvalue weighted by Gasteiger charge is -2.26. The van der Waals surface area contributed by atoms with E-state index in [1.165, 1.54) is 39.4 Å². The minimum Gasteiger partial charge on any atom is -0.466 e. The lowest BCUT2D eigenvalue weighted by Crippen LogP contribution is -2.13. The van der Waals surface area contributed by atoms with Crippen LogP contribution in [-0.2, 0) is 25.6 Å². The number of thioether (sulfide) groups is 1. The van der Waals surface area contributed by atoms with Crippen molar-refractivity contribution in [3.63, 3.8) is 0 Å². The van der Waals surface area contributed by atoms with Gasteiger partial charge in [-0.25, -0.2) is 4.79 Å². The molecule has 272 valence electrons. The first kappa shape index (κ1) is 37.7. The summed E-state index contributed by atoms with van der Waals surface area (Å²) in [6.07, 6.45) is 3.95. The van der Waals surface area contributed by atoms with E-state index < -0.39 is 6.16 Å². The Labute approximate surface area is 319 Å². The molecule has 7 rings (SSSR count). The molecule has 5 aromatic rings. The van der Waals surface area contributed by atoms with Gasteiger partial charge in [-0.2, -0.15) is 0 Å². The molecule has 0 spiro atoms. The molecule has 0 bridgehead atoms. The molecule has 0 unspecified atom stereocenters. The van der Waals surface area contributed by atoms with Crippen LogP contribution in [0.1, 0.15) is 62.0 Å². The predicted molar refractivity (Wildman–Crippen MR) is 218 cm³/mol. The van der Waals surface area contributed by atoms with E-state index in [9.17, 15) is 9.59 Å². The Hall–Kier alpha value is -5.05. The maximum absolute atomic E-state index is 13.4. The van der Waals surface area contributed by atoms with E-state index >= 15 is 0 Å². The molecule has 1 fully saturated rings. The van der Waals surface area contributed by atoms with Crippen molar-refractivity contribution in [2.75, 3.05) is 19.8 Å². The number of carbonyl (C=O) groups excluding carboxylic acids is 1. The molecule has 8 heteroatoms. The molecule has 0 radical (unpaired) electrons. The van der Waals surface area contributed by atoms with Gasteiger partial charge in [0.1, 0.15) is 13.2 Å². The summed E-state index contributed by atoms with van der Waals surface area (Å²) in [5, 5.41) is 0.689. The van der Waals surface area contributed by atoms with Crippen molar-refractivity contribution in [3.8, 4) is 11.1 Å². The fourth-order valence-corrected chi connectivity index (χ4v) is 8.24. The van der Waals surface area contributed by atoms with Crippen molar-refractivity contribution in [2.45, 2.75) is 57.5 Å². The molecule has 4 aromatic carbocycles. The van der Waals surface area contributed by atoms with Gasteiger partial charge in [0, 0.05) is 31.0 Å². The summed E-state index contributed by atoms with van der Waals surface area (Å²) in [4.78, 5) is 29.0. The van der Waals surface area contributed by atoms with Crippen LogP contribution in [-0.4, -0.2) is 26.0 Å². The Morgan fingerprint density at radius 1 is 0.698 bits per heavy atom. The van der Waals surface area contributed by atoms with Crippen LogP contribution in [0.5, 0.6) is 0 Å². The standard InChI is InChI=1S/C42H36O6S2.C3H8/c1-28(47-26-37-40(30-16-6-3-7-17-30)41(43)33-19-9-11-21-35(33)50-37)45-24-12-13-25-46-42(44)48-27-36-39(29-14-4-2-5-15-29)38(31-22-23-31)32-18-8-10-20-34(32)49-36;1-3-2/h2-11,14-21H,1,12-13,22-27H2;3H2,1-2H3. The number of hydrogen-bond acceptors (Lipinski definition) is 8. The van der Waals surface area contributed by atoms with Gasteiger partial charge in [-0.3, -0.25) is 4.79 Å². The fourth-order valence-electron chi connectivity index (χ4n) is 6.00. The summed E-state index contributed by atoms with van der Waals surface area (Å²) >= 11 is 3.18. The molecule has 1 aliphatic carbocycles. The Morgan fingerprint density at radius 3 is 2.04 bits per heavy atom. The minimum atomic E-state index is -0.692. The maximum atomic E-state index is 13.4. The smallest absolute Gasteiger partial charge is 0.466 e. The molecule has 53 heavy (non-hydrogen) atoms. The first-order valence-electron chi connectivity index (χ1n) is 18.1. The van der Waals surface area contributed by atoms with E-state index in [0.717, 1.165) is 44.0 Å². The molecule has 2 aliphatic rings. The zero-order valence-electron chi connectivity index (χ0n) is 30.2. The summed E-state index contributed by atoms with van der Waals surface area (Å²) in [7, 11) is 0. The largest absolute Gasteiger partial charge is 0.508 e. The third-order valence-electron chi connectivity index (χ3n) is 8.47. The molecule has 2 heterocycles. The molecule has 0 amide bonds. The molecule has 1 saturated carbocycles. The molecule has 1 aromatic heterocycles. The summed E-state index contributed by atoms with van der Waals surface area (Å²) < 4.78 is 23.5. The average molecular weight is 745 g/mol. The monoisotopic (exact) mass is 744 g/mol. The number of allylic oxidation sites excluding steroid dienone is 3. The van der Waals surface area contributed by atoms with Crippen LogP contribution >= 0.6 is 23.1 Å². The van der Waals surface area contributed by atoms with E-state index in [-0.39, 0.29) is 31.2 Å². The van der Waals surface area contributed by atoms with Crippen LogP contribution in [0.4, 0.5) is 4.79 Å². The number of unbranched alkanes of at least 4 members (excludes halogenated alkanes) is 1. The predicted octanol–water partition coefficient (Wildman–Crippen LogP) is 12.0. The highest BCUT2D eigenvalue weighted by Gasteiger charge is 2.31. The van der Waals surface area contributed by atoms with Crippen LogP contribution in [0.25, 0.3) is 32.4 Å². The average Bonchev–Trinajstić information content (AvgIpc) is 4.04. The van der Waals surface area contributed by atoms with Crippen molar-refractivity contribution >= 4 is 50.5 Å². The van der Waals surface area contributed by atoms with Crippen molar-refractivity contribution < 1.29 is 23.7 Å². The second-order valence-corrected chi connectivity index (χ2v) is 14.9. The van der Waals surface area contributed by atoms with Gasteiger partial charge in [0.15, 0.2) is 5.43 Å². The van der Waals surface area contributed by atoms with Gasteiger partial charge in [-0.1, -0.05) is 129 Å². The van der Waals surface area contributed by atoms with Gasteiger partial charge < -0.3 is 18.9 Å². The van der Waals surface area contributed by atoms with Crippen molar-refractivity contribution in [1.29, 1.82) is 0 Å². The van der Waals surface area contributed by atoms with E-state index in [1.54, 1.807) is 11.8 Å². The SMILES string of the molecule is C=C(OCCCCOC(=O)OCC1=C(c2ccccc2)C(=C2CC2)c2ccccc2S1)OCc1sc2ccccc2c(=O)c1-c1ccccc1.CCC. The third-order valence-corrected chi connectivity index (χ3v) is 10.8. The van der Waals surface area contributed by atoms with Crippen LogP contribution in [0.15, 0.2) is 142 Å². The van der Waals surface area contributed by atoms with Gasteiger partial charge in [-0.05, 0) is 72.7 Å². The zero-order chi connectivity index (χ0) is 37.0. The molecular formula is C45H44O6S2. The van der Waals surface area contributed by atoms with Crippen LogP contribution in [0.2, 0.25) is 0 Å². The first-order chi connectivity index (χ1) is 26.0. The first-order valence-corrected chi connectivity index (χ1v) is 19.7. The number of hydrogen-bond donors (Lipinski definition) is 0. The number of fused-ring (bicyclic) bond motifs is 2. The van der Waals surface area contributed by atoms with Gasteiger partial charge in [0.2, 0.25) is 0 Å². The Bertz CT molecular complexity index is 2160. The number of ether oxygens (including phenoxy) is 4. The van der Waals surface area contributed by atoms with Crippen molar-refractivity contribution in [1.82, 2.24) is 0 Å². The summed E-state index contributed by atoms with van der Waals surface area (Å²) in [5.74, 6) is 0.173. The second kappa shape index (κ2) is 18.6. The number of rotatable bonds is 13. The summed E-state index contributed by atoms with van der Waals surface area (Å²) in [5.41, 5.74) is 7.67. The Balaban J connectivity index is 0.00000155. The van der Waals surface area contributed by atoms with Gasteiger partial charge in [0.25, 0.3) is 5.95 Å². The highest BCUT2D eigenvalue weighted by atomic mass is 32.2. The van der Waals surface area contributed by atoms with Crippen molar-refractivity contribution in [3.05, 3.63) is 158 Å². The Kier molecular flexibility index (Phi) is 13.2. The van der Waals surface area contributed by atoms with E-state index in [0.29, 0.717) is 30.4 Å². The molecule has 0 N–H and O–H groups in total. The van der Waals surface area contributed by atoms with Gasteiger partial charge >= 0.3 is 6.16 Å². The van der Waals surface area contributed by atoms with Gasteiger partial charge in [0.05, 0.1) is 18.1 Å². The zero-order valence-corrected chi connectivity index (χ0v) is 31.9. The molecular weight excluding hydrogens is 701 g/mol. The summed E-state index contributed by atoms with van der Waals surface area (Å²) in [6.45, 7) is 9.00. The molecule has 1 aliphatic heterocycles. The lowest BCUT2D eigenvalue weighted by molar-refractivity contribution is 0.0251. The Morgan fingerprint density at radius 2 is 1.32 bits per heavy atom. The number of benzene rings is 4. The minimum absolute atomic E-state index is 0.0225. The molecule has 0 saturated heterocycles. The summed E-state index contributed by atoms with van der Waals surface area (Å²) in [6, 6.07) is 36.0. The van der Waals surface area contributed by atoms with E-state index in [1.807, 2.05) is 78.9 Å². The topological polar surface area (TPSA) is 71.1 Å². The highest BCUT2D eigenvalue weighted by molar-refractivity contribution is 8.03. The quantitative estimate of drug-likeness (QED) is 0.0675. The van der Waals surface area contributed by atoms with Crippen molar-refractivity contribution in [2.24, 2.45) is 0 Å². The third kappa shape index (κ3) is 9.69. The van der Waals surface area contributed by atoms with E-state index in [4.69, 9.17) is 18.9 Å². The fraction of sp³-hybridized carbons (Fsp3) is 0.244. The van der Waals surface area contributed by atoms with Crippen LogP contribution in [0, 0.1) is 0 Å². The molecule has 6 nitrogen and oxygen atoms in total. The second-order valence-electron chi connectivity index (χ2n) is 12.6. The maximum Gasteiger partial charge on any atom is 0.508 e. The molecule has 0 atom stereocenters. The van der Waals surface area contributed by atoms with Crippen LogP contribution < -0.4 is 5.43 Å². The van der Waals surface area contributed by atoms with Crippen LogP contribution in [0.3, 0.4) is 0 Å². The van der Waals surface area contributed by atoms with Gasteiger partial charge in [-0.15, -0.1) is 11.3 Å².